The minimum absolute atomic E-state index is 0.458. The molecule has 0 rings (SSSR count). The van der Waals surface area contributed by atoms with E-state index in [4.69, 9.17) is 19.0 Å². The summed E-state index contributed by atoms with van der Waals surface area (Å²) < 4.78 is 8.19. The summed E-state index contributed by atoms with van der Waals surface area (Å²) in [5, 5.41) is 26.5. The Labute approximate surface area is 135 Å². The summed E-state index contributed by atoms with van der Waals surface area (Å²) in [7, 11) is 0. The molecule has 4 nitrogen and oxygen atoms in total. The Balaban J connectivity index is -0.0000000902. The first-order valence-corrected chi connectivity index (χ1v) is 7.61. The maximum atomic E-state index is 8.83. The Morgan fingerprint density at radius 3 is 0.650 bits per heavy atom. The molecule has 0 aromatic heterocycles. The topological polar surface area (TPSA) is 77.8 Å². The van der Waals surface area contributed by atoms with Gasteiger partial charge in [0.15, 0.2) is 0 Å². The summed E-state index contributed by atoms with van der Waals surface area (Å²) in [6.07, 6.45) is 2.48. The van der Waals surface area contributed by atoms with Gasteiger partial charge in [0, 0.05) is 0 Å². The molecule has 3 N–H and O–H groups in total. The van der Waals surface area contributed by atoms with Crippen molar-refractivity contribution in [3.05, 3.63) is 0 Å². The summed E-state index contributed by atoms with van der Waals surface area (Å²) in [4.78, 5) is 0. The average Bonchev–Trinajstić information content (AvgIpc) is 2.30. The molecule has 0 aliphatic rings. The van der Waals surface area contributed by atoms with E-state index in [2.05, 4.69) is 0 Å². The molecule has 0 amide bonds. The second kappa shape index (κ2) is 14.2. The summed E-state index contributed by atoms with van der Waals surface area (Å²) in [5.74, 6) is 0. The second-order valence-corrected chi connectivity index (χ2v) is 6.50. The van der Waals surface area contributed by atoms with Crippen LogP contribution in [-0.2, 0) is 21.0 Å². The Hall–Kier alpha value is 0.264. The molecule has 0 bridgehead atoms. The van der Waals surface area contributed by atoms with Crippen LogP contribution in [0.25, 0.3) is 0 Å². The Morgan fingerprint density at radius 1 is 0.600 bits per heavy atom. The van der Waals surface area contributed by atoms with E-state index in [0.717, 1.165) is 36.6 Å². The van der Waals surface area contributed by atoms with Crippen molar-refractivity contribution in [2.24, 2.45) is 0 Å². The molecular formula is C15H36O4V. The van der Waals surface area contributed by atoms with Gasteiger partial charge in [0.1, 0.15) is 0 Å². The zero-order valence-corrected chi connectivity index (χ0v) is 16.2. The van der Waals surface area contributed by atoms with Crippen LogP contribution in [0.5, 0.6) is 0 Å². The van der Waals surface area contributed by atoms with E-state index in [1.54, 1.807) is 41.5 Å². The second-order valence-electron chi connectivity index (χ2n) is 6.50. The fraction of sp³-hybridized carbons (Fsp3) is 1.00. The van der Waals surface area contributed by atoms with Crippen LogP contribution < -0.4 is 0 Å². The molecule has 0 aromatic carbocycles. The Morgan fingerprint density at radius 2 is 0.650 bits per heavy atom. The first-order chi connectivity index (χ1) is 8.68. The van der Waals surface area contributed by atoms with E-state index in [1.165, 1.54) is 0 Å². The van der Waals surface area contributed by atoms with E-state index in [0.29, 0.717) is 0 Å². The number of rotatable bonds is 3. The first-order valence-electron chi connectivity index (χ1n) is 7.04. The van der Waals surface area contributed by atoms with Crippen LogP contribution in [0.15, 0.2) is 0 Å². The van der Waals surface area contributed by atoms with Gasteiger partial charge in [-0.05, 0) is 60.8 Å². The predicted octanol–water partition coefficient (Wildman–Crippen LogP) is 3.38. The molecule has 0 aliphatic carbocycles. The molecule has 125 valence electrons. The van der Waals surface area contributed by atoms with Crippen molar-refractivity contribution >= 4 is 0 Å². The molecule has 0 atom stereocenters. The molecule has 0 saturated carbocycles. The van der Waals surface area contributed by atoms with Crippen LogP contribution >= 0.6 is 0 Å². The average molecular weight is 331 g/mol. The fourth-order valence-corrected chi connectivity index (χ4v) is 0. The predicted molar refractivity (Wildman–Crippen MR) is 80.5 cm³/mol. The molecular weight excluding hydrogens is 295 g/mol. The molecule has 20 heavy (non-hydrogen) atoms. The van der Waals surface area contributed by atoms with Gasteiger partial charge in [0.25, 0.3) is 0 Å². The minimum atomic E-state index is -0.458. The maximum absolute atomic E-state index is 8.83. The van der Waals surface area contributed by atoms with Crippen molar-refractivity contribution < 1.29 is 36.4 Å². The van der Waals surface area contributed by atoms with E-state index in [-0.39, 0.29) is 0 Å². The zero-order chi connectivity index (χ0) is 17.6. The van der Waals surface area contributed by atoms with Crippen LogP contribution in [0.1, 0.15) is 81.6 Å². The SMILES string of the molecule is CCC(C)(C)O.CCC(C)(C)O.CCC(C)(C)O.[O]=[V]. The van der Waals surface area contributed by atoms with Gasteiger partial charge in [-0.25, -0.2) is 0 Å². The van der Waals surface area contributed by atoms with E-state index in [9.17, 15) is 0 Å². The van der Waals surface area contributed by atoms with Gasteiger partial charge in [-0.15, -0.1) is 0 Å². The zero-order valence-electron chi connectivity index (χ0n) is 14.8. The van der Waals surface area contributed by atoms with Crippen LogP contribution in [-0.4, -0.2) is 32.1 Å². The first kappa shape index (κ1) is 28.4. The van der Waals surface area contributed by atoms with E-state index >= 15 is 0 Å². The Kier molecular flexibility index (Phi) is 20.2. The molecule has 0 radical (unpaired) electrons. The van der Waals surface area contributed by atoms with Gasteiger partial charge < -0.3 is 15.3 Å². The summed E-state index contributed by atoms with van der Waals surface area (Å²) >= 11 is 1.06. The van der Waals surface area contributed by atoms with Gasteiger partial charge in [0.2, 0.25) is 0 Å². The van der Waals surface area contributed by atoms with Crippen LogP contribution in [0.4, 0.5) is 0 Å². The quantitative estimate of drug-likeness (QED) is 0.741. The third-order valence-corrected chi connectivity index (χ3v) is 2.60. The molecule has 0 saturated heterocycles. The van der Waals surface area contributed by atoms with E-state index in [1.807, 2.05) is 20.8 Å². The van der Waals surface area contributed by atoms with Gasteiger partial charge in [-0.1, -0.05) is 20.8 Å². The molecule has 0 aromatic rings. The van der Waals surface area contributed by atoms with Gasteiger partial charge in [-0.3, -0.25) is 0 Å². The van der Waals surface area contributed by atoms with E-state index < -0.39 is 16.8 Å². The summed E-state index contributed by atoms with van der Waals surface area (Å²) in [5.41, 5.74) is -1.37. The number of aliphatic hydroxyl groups is 3. The Bertz CT molecular complexity index is 154. The monoisotopic (exact) mass is 331 g/mol. The molecule has 5 heteroatoms. The fourth-order valence-electron chi connectivity index (χ4n) is 0. The van der Waals surface area contributed by atoms with Crippen LogP contribution in [0, 0.1) is 0 Å². The normalized spacial score (nSPS) is 10.9. The van der Waals surface area contributed by atoms with Crippen molar-refractivity contribution in [1.82, 2.24) is 0 Å². The van der Waals surface area contributed by atoms with Gasteiger partial charge in [0.05, 0.1) is 16.8 Å². The van der Waals surface area contributed by atoms with Crippen molar-refractivity contribution in [3.63, 3.8) is 0 Å². The molecule has 0 unspecified atom stereocenters. The van der Waals surface area contributed by atoms with Crippen molar-refractivity contribution in [3.8, 4) is 0 Å². The summed E-state index contributed by atoms with van der Waals surface area (Å²) in [6, 6.07) is 0. The van der Waals surface area contributed by atoms with Crippen molar-refractivity contribution in [1.29, 1.82) is 0 Å². The standard InChI is InChI=1S/3C5H12O.O.V/c3*1-4-5(2,3)6;;/h3*6H,4H2,1-3H3;;. The molecule has 0 spiro atoms. The van der Waals surface area contributed by atoms with Crippen molar-refractivity contribution in [2.75, 3.05) is 0 Å². The molecule has 0 aliphatic heterocycles. The third-order valence-electron chi connectivity index (χ3n) is 2.60. The van der Waals surface area contributed by atoms with Gasteiger partial charge >= 0.3 is 21.0 Å². The number of hydrogen-bond acceptors (Lipinski definition) is 4. The third kappa shape index (κ3) is 63.4. The summed E-state index contributed by atoms with van der Waals surface area (Å²) in [6.45, 7) is 16.7. The number of hydrogen-bond donors (Lipinski definition) is 3. The molecule has 0 heterocycles. The van der Waals surface area contributed by atoms with Crippen LogP contribution in [0.2, 0.25) is 0 Å². The van der Waals surface area contributed by atoms with Crippen LogP contribution in [0.3, 0.4) is 0 Å². The van der Waals surface area contributed by atoms with Gasteiger partial charge in [-0.2, -0.15) is 0 Å². The van der Waals surface area contributed by atoms with Crippen molar-refractivity contribution in [2.45, 2.75) is 98.4 Å². The molecule has 0 fully saturated rings.